The molecule has 0 spiro atoms. The van der Waals surface area contributed by atoms with Gasteiger partial charge < -0.3 is 0 Å². The molecule has 0 amide bonds. The summed E-state index contributed by atoms with van der Waals surface area (Å²) >= 11 is 0. The van der Waals surface area contributed by atoms with Gasteiger partial charge in [-0.15, -0.1) is 0 Å². The van der Waals surface area contributed by atoms with Crippen LogP contribution in [0.4, 0.5) is 0 Å². The zero-order valence-electron chi connectivity index (χ0n) is 10.4. The van der Waals surface area contributed by atoms with Gasteiger partial charge in [-0.1, -0.05) is 18.2 Å². The maximum atomic E-state index is 9.44. The molecular weight excluding hydrogens is 194 g/mol. The van der Waals surface area contributed by atoms with Gasteiger partial charge in [0.15, 0.2) is 0 Å². The van der Waals surface area contributed by atoms with Crippen LogP contribution in [0.1, 0.15) is 34.1 Å². The van der Waals surface area contributed by atoms with E-state index >= 15 is 0 Å². The molecule has 0 aliphatic heterocycles. The quantitative estimate of drug-likeness (QED) is 0.592. The molecule has 82 valence electrons. The Morgan fingerprint density at radius 1 is 1.25 bits per heavy atom. The van der Waals surface area contributed by atoms with Gasteiger partial charge in [0, 0.05) is 0 Å². The van der Waals surface area contributed by atoms with E-state index in [1.54, 1.807) is 0 Å². The average Bonchev–Trinajstić information content (AvgIpc) is 2.33. The average molecular weight is 211 g/mol. The predicted octanol–water partition coefficient (Wildman–Crippen LogP) is 4.07. The van der Waals surface area contributed by atoms with Crippen LogP contribution in [0.5, 0.6) is 0 Å². The van der Waals surface area contributed by atoms with E-state index in [2.05, 4.69) is 45.1 Å². The van der Waals surface area contributed by atoms with Crippen molar-refractivity contribution < 1.29 is 0 Å². The fraction of sp³-hybridized carbons (Fsp3) is 0.400. The molecule has 2 aliphatic rings. The molecule has 1 unspecified atom stereocenters. The van der Waals surface area contributed by atoms with Crippen molar-refractivity contribution in [3.05, 3.63) is 46.1 Å². The molecule has 16 heavy (non-hydrogen) atoms. The van der Waals surface area contributed by atoms with Crippen LogP contribution in [0, 0.1) is 16.7 Å². The summed E-state index contributed by atoms with van der Waals surface area (Å²) < 4.78 is 0. The van der Waals surface area contributed by atoms with Gasteiger partial charge in [-0.05, 0) is 62.0 Å². The lowest BCUT2D eigenvalue weighted by atomic mass is 9.66. The van der Waals surface area contributed by atoms with Crippen molar-refractivity contribution >= 4 is 0 Å². The fourth-order valence-electron chi connectivity index (χ4n) is 2.59. The van der Waals surface area contributed by atoms with Gasteiger partial charge in [-0.2, -0.15) is 5.26 Å². The molecule has 1 heteroatoms. The zero-order valence-corrected chi connectivity index (χ0v) is 10.4. The molecule has 0 aromatic heterocycles. The summed E-state index contributed by atoms with van der Waals surface area (Å²) in [5, 5.41) is 9.44. The van der Waals surface area contributed by atoms with Crippen molar-refractivity contribution in [2.75, 3.05) is 0 Å². The van der Waals surface area contributed by atoms with E-state index in [9.17, 15) is 5.26 Å². The Hall–Kier alpha value is -1.55. The topological polar surface area (TPSA) is 23.8 Å². The minimum absolute atomic E-state index is 0.415. The van der Waals surface area contributed by atoms with Crippen LogP contribution in [-0.4, -0.2) is 0 Å². The largest absolute Gasteiger partial charge is 0.197 e. The van der Waals surface area contributed by atoms with Crippen molar-refractivity contribution in [1.82, 2.24) is 0 Å². The lowest BCUT2D eigenvalue weighted by Gasteiger charge is -2.35. The van der Waals surface area contributed by atoms with Gasteiger partial charge in [0.05, 0.1) is 11.5 Å². The molecule has 1 atom stereocenters. The number of hydrogen-bond acceptors (Lipinski definition) is 1. The van der Waals surface area contributed by atoms with Crippen molar-refractivity contribution in [2.45, 2.75) is 34.1 Å². The van der Waals surface area contributed by atoms with Crippen molar-refractivity contribution in [3.8, 4) is 6.07 Å². The van der Waals surface area contributed by atoms with Gasteiger partial charge >= 0.3 is 0 Å². The molecule has 0 heterocycles. The van der Waals surface area contributed by atoms with Gasteiger partial charge in [-0.25, -0.2) is 0 Å². The lowest BCUT2D eigenvalue weighted by molar-refractivity contribution is 0.605. The van der Waals surface area contributed by atoms with Gasteiger partial charge in [0.25, 0.3) is 0 Å². The zero-order chi connectivity index (χ0) is 11.9. The predicted molar refractivity (Wildman–Crippen MR) is 66.6 cm³/mol. The minimum atomic E-state index is -0.415. The van der Waals surface area contributed by atoms with E-state index in [0.717, 1.165) is 6.42 Å². The minimum Gasteiger partial charge on any atom is -0.197 e. The molecule has 0 saturated carbocycles. The Bertz CT molecular complexity index is 506. The lowest BCUT2D eigenvalue weighted by Crippen LogP contribution is -2.25. The molecular formula is C15H17N. The highest BCUT2D eigenvalue weighted by Gasteiger charge is 2.36. The Labute approximate surface area is 97.5 Å². The summed E-state index contributed by atoms with van der Waals surface area (Å²) in [7, 11) is 0. The first kappa shape index (κ1) is 11.0. The first-order valence-corrected chi connectivity index (χ1v) is 5.69. The smallest absolute Gasteiger partial charge is 0.0970 e. The molecule has 0 fully saturated rings. The standard InChI is InChI=1S/C15H17N/c1-10-11(2)15(4,9-16)12(3)14-8-6-5-7-13(10)14/h5-7H,8H2,1-4H3. The third-order valence-electron chi connectivity index (χ3n) is 4.19. The number of nitrogens with zero attached hydrogens (tertiary/aromatic N) is 1. The van der Waals surface area contributed by atoms with Crippen LogP contribution in [0.3, 0.4) is 0 Å². The third-order valence-corrected chi connectivity index (χ3v) is 4.19. The third kappa shape index (κ3) is 1.23. The van der Waals surface area contributed by atoms with Crippen molar-refractivity contribution in [2.24, 2.45) is 5.41 Å². The summed E-state index contributed by atoms with van der Waals surface area (Å²) in [6, 6.07) is 2.48. The van der Waals surface area contributed by atoms with Crippen LogP contribution in [0.25, 0.3) is 0 Å². The fourth-order valence-corrected chi connectivity index (χ4v) is 2.59. The van der Waals surface area contributed by atoms with E-state index in [4.69, 9.17) is 0 Å². The number of fused-ring (bicyclic) bond motifs is 1. The van der Waals surface area contributed by atoms with Crippen LogP contribution in [0.2, 0.25) is 0 Å². The number of hydrogen-bond donors (Lipinski definition) is 0. The first-order valence-electron chi connectivity index (χ1n) is 5.69. The van der Waals surface area contributed by atoms with Crippen LogP contribution in [-0.2, 0) is 0 Å². The Balaban J connectivity index is 2.72. The number of nitriles is 1. The highest BCUT2D eigenvalue weighted by molar-refractivity contribution is 5.62. The summed E-state index contributed by atoms with van der Waals surface area (Å²) in [5.41, 5.74) is 5.93. The Morgan fingerprint density at radius 2 is 1.94 bits per heavy atom. The molecule has 0 aromatic rings. The van der Waals surface area contributed by atoms with E-state index in [-0.39, 0.29) is 0 Å². The maximum absolute atomic E-state index is 9.44. The first-order chi connectivity index (χ1) is 7.52. The highest BCUT2D eigenvalue weighted by atomic mass is 14.4. The summed E-state index contributed by atoms with van der Waals surface area (Å²) in [4.78, 5) is 0. The molecule has 2 aliphatic carbocycles. The second-order valence-electron chi connectivity index (χ2n) is 4.80. The monoisotopic (exact) mass is 211 g/mol. The van der Waals surface area contributed by atoms with E-state index in [1.807, 2.05) is 6.92 Å². The summed E-state index contributed by atoms with van der Waals surface area (Å²) in [6.07, 6.45) is 7.39. The Morgan fingerprint density at radius 3 is 2.56 bits per heavy atom. The van der Waals surface area contributed by atoms with Crippen LogP contribution in [0.15, 0.2) is 46.1 Å². The molecule has 0 saturated heterocycles. The van der Waals surface area contributed by atoms with Crippen molar-refractivity contribution in [1.29, 1.82) is 5.26 Å². The maximum Gasteiger partial charge on any atom is 0.0970 e. The van der Waals surface area contributed by atoms with Crippen molar-refractivity contribution in [3.63, 3.8) is 0 Å². The summed E-state index contributed by atoms with van der Waals surface area (Å²) in [5.74, 6) is 0. The van der Waals surface area contributed by atoms with E-state index < -0.39 is 5.41 Å². The van der Waals surface area contributed by atoms with Crippen LogP contribution < -0.4 is 0 Å². The Kier molecular flexibility index (Phi) is 2.39. The molecule has 0 N–H and O–H groups in total. The van der Waals surface area contributed by atoms with E-state index in [1.165, 1.54) is 27.9 Å². The molecule has 2 rings (SSSR count). The number of allylic oxidation sites excluding steroid dienone is 8. The normalized spacial score (nSPS) is 28.8. The number of rotatable bonds is 0. The van der Waals surface area contributed by atoms with E-state index in [0.29, 0.717) is 0 Å². The second kappa shape index (κ2) is 3.49. The molecule has 0 bridgehead atoms. The molecule has 0 aromatic carbocycles. The van der Waals surface area contributed by atoms with Crippen LogP contribution >= 0.6 is 0 Å². The molecule has 1 nitrogen and oxygen atoms in total. The van der Waals surface area contributed by atoms with Gasteiger partial charge in [0.2, 0.25) is 0 Å². The summed E-state index contributed by atoms with van der Waals surface area (Å²) in [6.45, 7) is 8.34. The highest BCUT2D eigenvalue weighted by Crippen LogP contribution is 2.47. The van der Waals surface area contributed by atoms with Gasteiger partial charge in [0.1, 0.15) is 0 Å². The SMILES string of the molecule is CC1=C(C)C(C)(C#N)C(C)=C2CC=CC=C12. The van der Waals surface area contributed by atoms with Gasteiger partial charge in [-0.3, -0.25) is 0 Å². The molecule has 0 radical (unpaired) electrons. The second-order valence-corrected chi connectivity index (χ2v) is 4.80.